The summed E-state index contributed by atoms with van der Waals surface area (Å²) < 4.78 is 0. The summed E-state index contributed by atoms with van der Waals surface area (Å²) >= 11 is 12.2. The fraction of sp³-hybridized carbons (Fsp3) is 0.381. The van der Waals surface area contributed by atoms with Crippen LogP contribution in [0.3, 0.4) is 0 Å². The van der Waals surface area contributed by atoms with Crippen LogP contribution in [-0.2, 0) is 4.79 Å². The molecule has 1 fully saturated rings. The third kappa shape index (κ3) is 4.46. The number of piperidine rings is 1. The highest BCUT2D eigenvalue weighted by Gasteiger charge is 2.45. The van der Waals surface area contributed by atoms with E-state index < -0.39 is 11.5 Å². The van der Waals surface area contributed by atoms with Crippen molar-refractivity contribution in [3.8, 4) is 0 Å². The van der Waals surface area contributed by atoms with E-state index in [1.54, 1.807) is 12.1 Å². The Bertz CT molecular complexity index is 811. The molecular weight excluding hydrogens is 385 g/mol. The maximum atomic E-state index is 12.9. The molecule has 3 N–H and O–H groups in total. The Balaban J connectivity index is 2.00. The van der Waals surface area contributed by atoms with Crippen LogP contribution in [0.4, 0.5) is 0 Å². The van der Waals surface area contributed by atoms with E-state index in [9.17, 15) is 15.0 Å². The predicted octanol–water partition coefficient (Wildman–Crippen LogP) is 4.09. The van der Waals surface area contributed by atoms with Gasteiger partial charge in [-0.05, 0) is 48.2 Å². The number of aliphatic hydroxyl groups excluding tert-OH is 2. The maximum absolute atomic E-state index is 12.9. The van der Waals surface area contributed by atoms with Crippen LogP contribution in [0, 0.1) is 5.41 Å². The van der Waals surface area contributed by atoms with Crippen molar-refractivity contribution in [3.63, 3.8) is 0 Å². The Hall–Kier alpha value is -1.59. The smallest absolute Gasteiger partial charge is 0.226 e. The van der Waals surface area contributed by atoms with Gasteiger partial charge >= 0.3 is 0 Å². The monoisotopic (exact) mass is 407 g/mol. The van der Waals surface area contributed by atoms with E-state index >= 15 is 0 Å². The van der Waals surface area contributed by atoms with Crippen molar-refractivity contribution in [1.29, 1.82) is 0 Å². The molecule has 4 atom stereocenters. The molecule has 4 nitrogen and oxygen atoms in total. The number of rotatable bonds is 5. The van der Waals surface area contributed by atoms with Gasteiger partial charge in [-0.3, -0.25) is 4.79 Å². The summed E-state index contributed by atoms with van der Waals surface area (Å²) in [5.74, 6) is -0.160. The Kier molecular flexibility index (Phi) is 6.11. The molecular formula is C21H23Cl2NO3. The van der Waals surface area contributed by atoms with Crippen molar-refractivity contribution in [2.24, 2.45) is 5.41 Å². The van der Waals surface area contributed by atoms with Crippen LogP contribution in [0.5, 0.6) is 0 Å². The second-order valence-corrected chi connectivity index (χ2v) is 8.34. The molecule has 2 aromatic rings. The number of hydrogen-bond acceptors (Lipinski definition) is 3. The van der Waals surface area contributed by atoms with Crippen LogP contribution in [0.1, 0.15) is 42.9 Å². The first-order valence-corrected chi connectivity index (χ1v) is 9.69. The largest absolute Gasteiger partial charge is 0.394 e. The number of nitrogens with one attached hydrogen (secondary N) is 1. The number of carbonyl (C=O) groups excluding carboxylic acids is 1. The van der Waals surface area contributed by atoms with Crippen LogP contribution in [0.15, 0.2) is 48.5 Å². The summed E-state index contributed by atoms with van der Waals surface area (Å²) in [5.41, 5.74) is 1.19. The first-order valence-electron chi connectivity index (χ1n) is 8.93. The molecule has 0 spiro atoms. The molecule has 0 saturated carbocycles. The van der Waals surface area contributed by atoms with Gasteiger partial charge in [-0.2, -0.15) is 0 Å². The van der Waals surface area contributed by atoms with Gasteiger partial charge in [0.2, 0.25) is 5.91 Å². The average Bonchev–Trinajstić information content (AvgIpc) is 2.64. The minimum atomic E-state index is -0.937. The van der Waals surface area contributed by atoms with E-state index in [4.69, 9.17) is 23.2 Å². The standard InChI is InChI=1S/C21H23Cl2NO3/c1-21(10-17(26)12-25)11-18(14-3-2-4-16(23)9-14)19(24-20(21)27)13-5-7-15(22)8-6-13/h2-9,17-19,25-26H,10-12H2,1H3,(H,24,27). The topological polar surface area (TPSA) is 69.6 Å². The van der Waals surface area contributed by atoms with Crippen LogP contribution in [0.2, 0.25) is 10.0 Å². The zero-order chi connectivity index (χ0) is 19.6. The first-order chi connectivity index (χ1) is 12.8. The quantitative estimate of drug-likeness (QED) is 0.698. The first kappa shape index (κ1) is 20.2. The number of halogens is 2. The lowest BCUT2D eigenvalue weighted by molar-refractivity contribution is -0.137. The van der Waals surface area contributed by atoms with Gasteiger partial charge < -0.3 is 15.5 Å². The lowest BCUT2D eigenvalue weighted by atomic mass is 9.68. The van der Waals surface area contributed by atoms with Crippen molar-refractivity contribution < 1.29 is 15.0 Å². The highest BCUT2D eigenvalue weighted by atomic mass is 35.5. The Morgan fingerprint density at radius 2 is 1.85 bits per heavy atom. The molecule has 1 saturated heterocycles. The van der Waals surface area contributed by atoms with Crippen molar-refractivity contribution in [3.05, 3.63) is 69.7 Å². The number of carbonyl (C=O) groups is 1. The van der Waals surface area contributed by atoms with Gasteiger partial charge in [-0.1, -0.05) is 54.4 Å². The van der Waals surface area contributed by atoms with Gasteiger partial charge in [-0.25, -0.2) is 0 Å². The van der Waals surface area contributed by atoms with Crippen LogP contribution in [0.25, 0.3) is 0 Å². The second kappa shape index (κ2) is 8.19. The molecule has 1 aliphatic heterocycles. The maximum Gasteiger partial charge on any atom is 0.226 e. The molecule has 6 heteroatoms. The SMILES string of the molecule is CC1(CC(O)CO)CC(c2cccc(Cl)c2)C(c2ccc(Cl)cc2)NC1=O. The van der Waals surface area contributed by atoms with Crippen LogP contribution >= 0.6 is 23.2 Å². The van der Waals surface area contributed by atoms with Crippen LogP contribution in [-0.4, -0.2) is 28.8 Å². The van der Waals surface area contributed by atoms with Crippen LogP contribution < -0.4 is 5.32 Å². The average molecular weight is 408 g/mol. The predicted molar refractivity (Wildman–Crippen MR) is 107 cm³/mol. The minimum Gasteiger partial charge on any atom is -0.394 e. The molecule has 27 heavy (non-hydrogen) atoms. The molecule has 0 aromatic heterocycles. The van der Waals surface area contributed by atoms with Gasteiger partial charge in [0, 0.05) is 21.4 Å². The zero-order valence-electron chi connectivity index (χ0n) is 15.0. The van der Waals surface area contributed by atoms with Crippen molar-refractivity contribution >= 4 is 29.1 Å². The van der Waals surface area contributed by atoms with Gasteiger partial charge in [0.05, 0.1) is 18.8 Å². The van der Waals surface area contributed by atoms with E-state index in [1.807, 2.05) is 43.3 Å². The zero-order valence-corrected chi connectivity index (χ0v) is 16.5. The minimum absolute atomic E-state index is 0.0292. The summed E-state index contributed by atoms with van der Waals surface area (Å²) in [5, 5.41) is 23.6. The highest BCUT2D eigenvalue weighted by molar-refractivity contribution is 6.30. The Morgan fingerprint density at radius 3 is 2.48 bits per heavy atom. The number of aliphatic hydroxyl groups is 2. The molecule has 0 aliphatic carbocycles. The summed E-state index contributed by atoms with van der Waals surface area (Å²) in [4.78, 5) is 12.9. The van der Waals surface area contributed by atoms with E-state index in [-0.39, 0.29) is 30.9 Å². The molecule has 0 radical (unpaired) electrons. The fourth-order valence-electron chi connectivity index (χ4n) is 3.91. The third-order valence-corrected chi connectivity index (χ3v) is 5.80. The molecule has 1 amide bonds. The molecule has 2 aromatic carbocycles. The number of amides is 1. The summed E-state index contributed by atoms with van der Waals surface area (Å²) in [6.45, 7) is 1.46. The summed E-state index contributed by atoms with van der Waals surface area (Å²) in [6.07, 6.45) is -0.212. The lowest BCUT2D eigenvalue weighted by Crippen LogP contribution is -2.50. The van der Waals surface area contributed by atoms with Gasteiger partial charge in [-0.15, -0.1) is 0 Å². The van der Waals surface area contributed by atoms with E-state index in [1.165, 1.54) is 0 Å². The summed E-state index contributed by atoms with van der Waals surface area (Å²) in [6, 6.07) is 14.8. The van der Waals surface area contributed by atoms with Crippen molar-refractivity contribution in [2.75, 3.05) is 6.61 Å². The number of benzene rings is 2. The molecule has 1 heterocycles. The Morgan fingerprint density at radius 1 is 1.15 bits per heavy atom. The molecule has 3 rings (SSSR count). The lowest BCUT2D eigenvalue weighted by Gasteiger charge is -2.43. The van der Waals surface area contributed by atoms with E-state index in [0.29, 0.717) is 16.5 Å². The molecule has 4 unspecified atom stereocenters. The third-order valence-electron chi connectivity index (χ3n) is 5.31. The second-order valence-electron chi connectivity index (χ2n) is 7.47. The molecule has 144 valence electrons. The van der Waals surface area contributed by atoms with Crippen molar-refractivity contribution in [1.82, 2.24) is 5.32 Å². The fourth-order valence-corrected chi connectivity index (χ4v) is 4.23. The summed E-state index contributed by atoms with van der Waals surface area (Å²) in [7, 11) is 0. The Labute approximate surface area is 169 Å². The van der Waals surface area contributed by atoms with Gasteiger partial charge in [0.15, 0.2) is 0 Å². The van der Waals surface area contributed by atoms with Gasteiger partial charge in [0.1, 0.15) is 0 Å². The highest BCUT2D eigenvalue weighted by Crippen LogP contribution is 2.47. The van der Waals surface area contributed by atoms with E-state index in [2.05, 4.69) is 5.32 Å². The number of hydrogen-bond donors (Lipinski definition) is 3. The van der Waals surface area contributed by atoms with Gasteiger partial charge in [0.25, 0.3) is 0 Å². The normalized spacial score (nSPS) is 26.5. The van der Waals surface area contributed by atoms with Crippen molar-refractivity contribution in [2.45, 2.75) is 37.8 Å². The molecule has 1 aliphatic rings. The van der Waals surface area contributed by atoms with E-state index in [0.717, 1.165) is 11.1 Å². The molecule has 0 bridgehead atoms.